The molecule has 0 bridgehead atoms. The van der Waals surface area contributed by atoms with Crippen molar-refractivity contribution in [1.82, 2.24) is 4.98 Å². The molecule has 4 rings (SSSR count). The van der Waals surface area contributed by atoms with Gasteiger partial charge in [0.1, 0.15) is 9.62 Å². The predicted molar refractivity (Wildman–Crippen MR) is 121 cm³/mol. The molecule has 0 aliphatic heterocycles. The molecule has 1 aliphatic carbocycles. The second kappa shape index (κ2) is 8.37. The van der Waals surface area contributed by atoms with Crippen molar-refractivity contribution >= 4 is 49.5 Å². The highest BCUT2D eigenvalue weighted by molar-refractivity contribution is 7.93. The highest BCUT2D eigenvalue weighted by Gasteiger charge is 2.56. The third-order valence-corrected chi connectivity index (χ3v) is 8.37. The van der Waals surface area contributed by atoms with Crippen LogP contribution in [0.1, 0.15) is 18.4 Å². The molecule has 0 atom stereocenters. The summed E-state index contributed by atoms with van der Waals surface area (Å²) in [4.78, 5) is 39.5. The number of amides is 2. The SMILES string of the molecule is Cc1cccc(NC(=O)C2(C(=O)Nc3ncc(S(=O)(=O)c4ccc([N+](=O)[O-])cc4)s3)CC2)c1. The lowest BCUT2D eigenvalue weighted by Gasteiger charge is -2.14. The number of sulfone groups is 1. The molecule has 1 aromatic heterocycles. The van der Waals surface area contributed by atoms with Crippen LogP contribution in [0.25, 0.3) is 0 Å². The number of nitrogens with zero attached hydrogens (tertiary/aromatic N) is 2. The molecule has 0 spiro atoms. The van der Waals surface area contributed by atoms with Crippen molar-refractivity contribution in [2.75, 3.05) is 10.6 Å². The maximum Gasteiger partial charge on any atom is 0.269 e. The van der Waals surface area contributed by atoms with E-state index in [2.05, 4.69) is 15.6 Å². The number of benzene rings is 2. The highest BCUT2D eigenvalue weighted by Crippen LogP contribution is 2.47. The van der Waals surface area contributed by atoms with Gasteiger partial charge >= 0.3 is 0 Å². The molecular formula is C21H18N4O6S2. The Morgan fingerprint density at radius 2 is 1.76 bits per heavy atom. The number of aromatic nitrogens is 1. The quantitative estimate of drug-likeness (QED) is 0.295. The summed E-state index contributed by atoms with van der Waals surface area (Å²) in [6.45, 7) is 1.89. The first-order valence-corrected chi connectivity index (χ1v) is 12.1. The molecule has 2 aromatic carbocycles. The van der Waals surface area contributed by atoms with Crippen LogP contribution in [-0.4, -0.2) is 30.1 Å². The zero-order chi connectivity index (χ0) is 23.8. The molecule has 1 heterocycles. The Kier molecular flexibility index (Phi) is 5.72. The van der Waals surface area contributed by atoms with E-state index in [9.17, 15) is 28.1 Å². The van der Waals surface area contributed by atoms with Crippen LogP contribution >= 0.6 is 11.3 Å². The second-order valence-corrected chi connectivity index (χ2v) is 10.8. The van der Waals surface area contributed by atoms with Gasteiger partial charge in [-0.2, -0.15) is 0 Å². The fourth-order valence-electron chi connectivity index (χ4n) is 3.18. The average Bonchev–Trinajstić information content (AvgIpc) is 3.46. The van der Waals surface area contributed by atoms with Crippen LogP contribution in [0, 0.1) is 22.5 Å². The number of hydrogen-bond donors (Lipinski definition) is 2. The maximum absolute atomic E-state index is 12.8. The Morgan fingerprint density at radius 1 is 1.09 bits per heavy atom. The van der Waals surface area contributed by atoms with Crippen LogP contribution in [0.3, 0.4) is 0 Å². The molecule has 1 aliphatic rings. The van der Waals surface area contributed by atoms with Crippen molar-refractivity contribution in [1.29, 1.82) is 0 Å². The number of carbonyl (C=O) groups is 2. The minimum absolute atomic E-state index is 0.0371. The van der Waals surface area contributed by atoms with E-state index in [1.165, 1.54) is 0 Å². The summed E-state index contributed by atoms with van der Waals surface area (Å²) in [7, 11) is -3.97. The fraction of sp³-hybridized carbons (Fsp3) is 0.190. The van der Waals surface area contributed by atoms with Gasteiger partial charge in [0.2, 0.25) is 21.7 Å². The molecule has 33 heavy (non-hydrogen) atoms. The Balaban J connectivity index is 1.47. The van der Waals surface area contributed by atoms with Gasteiger partial charge in [0.25, 0.3) is 5.69 Å². The first-order valence-electron chi connectivity index (χ1n) is 9.77. The van der Waals surface area contributed by atoms with Crippen molar-refractivity contribution in [2.24, 2.45) is 5.41 Å². The molecule has 0 saturated heterocycles. The normalized spacial score (nSPS) is 14.3. The van der Waals surface area contributed by atoms with E-state index in [0.717, 1.165) is 47.4 Å². The van der Waals surface area contributed by atoms with E-state index in [0.29, 0.717) is 18.5 Å². The molecule has 10 nitrogen and oxygen atoms in total. The topological polar surface area (TPSA) is 148 Å². The first kappa shape index (κ1) is 22.6. The van der Waals surface area contributed by atoms with Gasteiger partial charge < -0.3 is 10.6 Å². The molecule has 0 radical (unpaired) electrons. The first-order chi connectivity index (χ1) is 15.6. The van der Waals surface area contributed by atoms with E-state index in [1.807, 2.05) is 13.0 Å². The van der Waals surface area contributed by atoms with Gasteiger partial charge in [-0.15, -0.1) is 0 Å². The van der Waals surface area contributed by atoms with E-state index < -0.39 is 32.0 Å². The summed E-state index contributed by atoms with van der Waals surface area (Å²) < 4.78 is 25.4. The molecule has 12 heteroatoms. The van der Waals surface area contributed by atoms with Crippen LogP contribution in [0.4, 0.5) is 16.5 Å². The van der Waals surface area contributed by atoms with E-state index >= 15 is 0 Å². The largest absolute Gasteiger partial charge is 0.325 e. The zero-order valence-corrected chi connectivity index (χ0v) is 18.9. The van der Waals surface area contributed by atoms with E-state index in [1.54, 1.807) is 18.2 Å². The summed E-state index contributed by atoms with van der Waals surface area (Å²) in [6.07, 6.45) is 1.84. The van der Waals surface area contributed by atoms with Crippen molar-refractivity contribution in [3.05, 3.63) is 70.4 Å². The Hall–Kier alpha value is -3.64. The molecule has 2 N–H and O–H groups in total. The van der Waals surface area contributed by atoms with Gasteiger partial charge in [0.15, 0.2) is 5.13 Å². The summed E-state index contributed by atoms with van der Waals surface area (Å²) >= 11 is 0.738. The minimum Gasteiger partial charge on any atom is -0.325 e. The third kappa shape index (κ3) is 4.47. The number of rotatable bonds is 7. The van der Waals surface area contributed by atoms with Gasteiger partial charge in [-0.25, -0.2) is 13.4 Å². The molecule has 0 unspecified atom stereocenters. The molecule has 1 saturated carbocycles. The van der Waals surface area contributed by atoms with Gasteiger partial charge in [0, 0.05) is 17.8 Å². The Morgan fingerprint density at radius 3 is 2.36 bits per heavy atom. The van der Waals surface area contributed by atoms with E-state index in [-0.39, 0.29) is 19.9 Å². The Labute approximate surface area is 192 Å². The average molecular weight is 487 g/mol. The van der Waals surface area contributed by atoms with E-state index in [4.69, 9.17) is 0 Å². The van der Waals surface area contributed by atoms with Crippen LogP contribution in [0.2, 0.25) is 0 Å². The summed E-state index contributed by atoms with van der Waals surface area (Å²) in [5.41, 5.74) is 0.0913. The minimum atomic E-state index is -3.97. The smallest absolute Gasteiger partial charge is 0.269 e. The van der Waals surface area contributed by atoms with Crippen molar-refractivity contribution in [3.8, 4) is 0 Å². The summed E-state index contributed by atoms with van der Waals surface area (Å²) in [5.74, 6) is -0.984. The number of hydrogen-bond acceptors (Lipinski definition) is 8. The lowest BCUT2D eigenvalue weighted by molar-refractivity contribution is -0.384. The lowest BCUT2D eigenvalue weighted by Crippen LogP contribution is -2.35. The number of anilines is 2. The highest BCUT2D eigenvalue weighted by atomic mass is 32.2. The summed E-state index contributed by atoms with van der Waals surface area (Å²) in [6, 6.07) is 11.7. The molecule has 3 aromatic rings. The second-order valence-electron chi connectivity index (χ2n) is 7.60. The number of nitro benzene ring substituents is 1. The van der Waals surface area contributed by atoms with Gasteiger partial charge in [-0.3, -0.25) is 19.7 Å². The number of nitro groups is 1. The monoisotopic (exact) mass is 486 g/mol. The third-order valence-electron chi connectivity index (χ3n) is 5.22. The van der Waals surface area contributed by atoms with Crippen LogP contribution in [0.5, 0.6) is 0 Å². The fourth-order valence-corrected chi connectivity index (χ4v) is 5.60. The number of aryl methyl sites for hydroxylation is 1. The lowest BCUT2D eigenvalue weighted by atomic mass is 10.1. The summed E-state index contributed by atoms with van der Waals surface area (Å²) in [5, 5.41) is 16.1. The number of nitrogens with one attached hydrogen (secondary N) is 2. The molecule has 2 amide bonds. The molecular weight excluding hydrogens is 468 g/mol. The van der Waals surface area contributed by atoms with Crippen molar-refractivity contribution in [3.63, 3.8) is 0 Å². The Bertz CT molecular complexity index is 1360. The van der Waals surface area contributed by atoms with Crippen LogP contribution in [0.15, 0.2) is 63.8 Å². The van der Waals surface area contributed by atoms with Gasteiger partial charge in [0.05, 0.1) is 16.0 Å². The van der Waals surface area contributed by atoms with Crippen LogP contribution < -0.4 is 10.6 Å². The van der Waals surface area contributed by atoms with Crippen LogP contribution in [-0.2, 0) is 19.4 Å². The molecule has 170 valence electrons. The zero-order valence-electron chi connectivity index (χ0n) is 17.3. The molecule has 1 fully saturated rings. The van der Waals surface area contributed by atoms with Crippen molar-refractivity contribution < 1.29 is 22.9 Å². The number of thiazole rings is 1. The van der Waals surface area contributed by atoms with Gasteiger partial charge in [-0.05, 0) is 49.6 Å². The van der Waals surface area contributed by atoms with Gasteiger partial charge in [-0.1, -0.05) is 23.5 Å². The standard InChI is InChI=1S/C21H18N4O6S2/c1-13-3-2-4-14(11-13)23-18(26)21(9-10-21)19(27)24-20-22-12-17(32-20)33(30,31)16-7-5-15(6-8-16)25(28)29/h2-8,11-12H,9-10H2,1H3,(H,23,26)(H,22,24,27). The van der Waals surface area contributed by atoms with Crippen molar-refractivity contribution in [2.45, 2.75) is 28.9 Å². The maximum atomic E-state index is 12.8. The number of carbonyl (C=O) groups excluding carboxylic acids is 2. The number of non-ortho nitro benzene ring substituents is 1. The predicted octanol–water partition coefficient (Wildman–Crippen LogP) is 3.55.